The van der Waals surface area contributed by atoms with Crippen molar-refractivity contribution in [3.63, 3.8) is 0 Å². The second-order valence-corrected chi connectivity index (χ2v) is 2.44. The van der Waals surface area contributed by atoms with Crippen molar-refractivity contribution >= 4 is 24.8 Å². The van der Waals surface area contributed by atoms with Crippen LogP contribution in [0.25, 0.3) is 0 Å². The van der Waals surface area contributed by atoms with Gasteiger partial charge in [-0.1, -0.05) is 26.2 Å². The van der Waals surface area contributed by atoms with Crippen LogP contribution >= 0.6 is 24.8 Å². The molecule has 0 amide bonds. The van der Waals surface area contributed by atoms with E-state index in [9.17, 15) is 0 Å². The minimum absolute atomic E-state index is 0. The Bertz CT molecular complexity index is 141. The van der Waals surface area contributed by atoms with Crippen LogP contribution in [0.5, 0.6) is 0 Å². The second kappa shape index (κ2) is 11.9. The molecular formula is C9H15Cl2Hf-. The van der Waals surface area contributed by atoms with Gasteiger partial charge >= 0.3 is 0 Å². The number of hydrogen-bond acceptors (Lipinski definition) is 0. The largest absolute Gasteiger partial charge is 0.273 e. The van der Waals surface area contributed by atoms with Gasteiger partial charge < -0.3 is 0 Å². The smallest absolute Gasteiger partial charge is 0 e. The van der Waals surface area contributed by atoms with E-state index in [4.69, 9.17) is 0 Å². The van der Waals surface area contributed by atoms with E-state index < -0.39 is 0 Å². The van der Waals surface area contributed by atoms with Crippen molar-refractivity contribution in [1.82, 2.24) is 0 Å². The number of unbranched alkanes of at least 4 members (excludes halogenated alkanes) is 1. The van der Waals surface area contributed by atoms with E-state index in [0.717, 1.165) is 6.42 Å². The van der Waals surface area contributed by atoms with Gasteiger partial charge in [-0.3, -0.25) is 6.08 Å². The summed E-state index contributed by atoms with van der Waals surface area (Å²) in [5, 5.41) is 0. The Morgan fingerprint density at radius 1 is 1.42 bits per heavy atom. The molecular weight excluding hydrogens is 357 g/mol. The summed E-state index contributed by atoms with van der Waals surface area (Å²) in [7, 11) is 0. The van der Waals surface area contributed by atoms with Gasteiger partial charge in [-0.2, -0.15) is 6.08 Å². The fourth-order valence-corrected chi connectivity index (χ4v) is 0.994. The predicted octanol–water partition coefficient (Wildman–Crippen LogP) is 3.71. The third kappa shape index (κ3) is 7.57. The molecule has 0 N–H and O–H groups in total. The van der Waals surface area contributed by atoms with Crippen LogP contribution in [0.1, 0.15) is 32.6 Å². The van der Waals surface area contributed by atoms with Crippen molar-refractivity contribution in [2.45, 2.75) is 32.6 Å². The maximum absolute atomic E-state index is 3.16. The molecule has 0 radical (unpaired) electrons. The van der Waals surface area contributed by atoms with Gasteiger partial charge in [-0.25, -0.2) is 11.6 Å². The molecule has 0 unspecified atom stereocenters. The van der Waals surface area contributed by atoms with Gasteiger partial charge in [0.25, 0.3) is 0 Å². The average Bonchev–Trinajstić information content (AvgIpc) is 2.34. The van der Waals surface area contributed by atoms with Crippen LogP contribution in [0.15, 0.2) is 17.7 Å². The van der Waals surface area contributed by atoms with Crippen LogP contribution in [0.3, 0.4) is 0 Å². The first-order chi connectivity index (χ1) is 4.43. The molecule has 0 heterocycles. The molecule has 0 aromatic heterocycles. The molecule has 3 heteroatoms. The molecule has 0 aliphatic heterocycles. The van der Waals surface area contributed by atoms with E-state index in [1.54, 1.807) is 0 Å². The van der Waals surface area contributed by atoms with Crippen LogP contribution in [-0.4, -0.2) is 0 Å². The van der Waals surface area contributed by atoms with Gasteiger partial charge in [0.1, 0.15) is 0 Å². The second-order valence-electron chi connectivity index (χ2n) is 2.44. The van der Waals surface area contributed by atoms with Crippen molar-refractivity contribution in [3.05, 3.63) is 23.8 Å². The molecule has 0 bridgehead atoms. The van der Waals surface area contributed by atoms with Gasteiger partial charge in [0.05, 0.1) is 0 Å². The van der Waals surface area contributed by atoms with Crippen LogP contribution in [0.2, 0.25) is 0 Å². The quantitative estimate of drug-likeness (QED) is 0.523. The molecule has 12 heavy (non-hydrogen) atoms. The van der Waals surface area contributed by atoms with Gasteiger partial charge in [0.15, 0.2) is 0 Å². The van der Waals surface area contributed by atoms with Crippen molar-refractivity contribution in [2.24, 2.45) is 0 Å². The molecule has 1 rings (SSSR count). The fourth-order valence-electron chi connectivity index (χ4n) is 0.994. The number of halogens is 2. The van der Waals surface area contributed by atoms with Crippen molar-refractivity contribution in [2.75, 3.05) is 0 Å². The Labute approximate surface area is 106 Å². The van der Waals surface area contributed by atoms with E-state index in [0.29, 0.717) is 0 Å². The molecule has 1 aliphatic carbocycles. The summed E-state index contributed by atoms with van der Waals surface area (Å²) < 4.78 is 0. The van der Waals surface area contributed by atoms with Crippen LogP contribution in [0.4, 0.5) is 0 Å². The Balaban J connectivity index is -0.000000270. The zero-order valence-corrected chi connectivity index (χ0v) is 12.5. The average molecular weight is 373 g/mol. The molecule has 0 saturated heterocycles. The van der Waals surface area contributed by atoms with Gasteiger partial charge in [0.2, 0.25) is 0 Å². The van der Waals surface area contributed by atoms with Crippen LogP contribution in [-0.2, 0) is 25.8 Å². The maximum Gasteiger partial charge on any atom is 0 e. The SMILES string of the molecule is CCCCC1=CC[C-]=C1.Cl.Cl.[Hf]. The predicted molar refractivity (Wildman–Crippen MR) is 54.5 cm³/mol. The summed E-state index contributed by atoms with van der Waals surface area (Å²) >= 11 is 0. The molecule has 0 nitrogen and oxygen atoms in total. The number of rotatable bonds is 3. The third-order valence-electron chi connectivity index (χ3n) is 1.59. The van der Waals surface area contributed by atoms with Gasteiger partial charge in [-0.05, 0) is 0 Å². The van der Waals surface area contributed by atoms with Crippen LogP contribution in [0, 0.1) is 6.08 Å². The van der Waals surface area contributed by atoms with Gasteiger partial charge in [0, 0.05) is 25.8 Å². The molecule has 0 spiro atoms. The summed E-state index contributed by atoms with van der Waals surface area (Å²) in [6.07, 6.45) is 12.5. The Morgan fingerprint density at radius 3 is 2.50 bits per heavy atom. The Kier molecular flexibility index (Phi) is 18.6. The van der Waals surface area contributed by atoms with E-state index in [2.05, 4.69) is 25.2 Å². The molecule has 0 atom stereocenters. The molecule has 0 aromatic carbocycles. The normalized spacial score (nSPS) is 12.2. The Hall–Kier alpha value is 0.930. The summed E-state index contributed by atoms with van der Waals surface area (Å²) in [5.74, 6) is 0. The number of hydrogen-bond donors (Lipinski definition) is 0. The molecule has 0 fully saturated rings. The Morgan fingerprint density at radius 2 is 2.08 bits per heavy atom. The third-order valence-corrected chi connectivity index (χ3v) is 1.59. The van der Waals surface area contributed by atoms with E-state index in [-0.39, 0.29) is 50.7 Å². The monoisotopic (exact) mass is 373 g/mol. The fraction of sp³-hybridized carbons (Fsp3) is 0.556. The maximum atomic E-state index is 3.16. The summed E-state index contributed by atoms with van der Waals surface area (Å²) in [4.78, 5) is 0. The van der Waals surface area contributed by atoms with Gasteiger partial charge in [-0.15, -0.1) is 31.2 Å². The van der Waals surface area contributed by atoms with Crippen molar-refractivity contribution < 1.29 is 25.8 Å². The summed E-state index contributed by atoms with van der Waals surface area (Å²) in [6, 6.07) is 0. The zero-order chi connectivity index (χ0) is 6.53. The van der Waals surface area contributed by atoms with E-state index >= 15 is 0 Å². The first-order valence-electron chi connectivity index (χ1n) is 3.69. The first-order valence-corrected chi connectivity index (χ1v) is 3.69. The minimum atomic E-state index is 0. The summed E-state index contributed by atoms with van der Waals surface area (Å²) in [6.45, 7) is 2.23. The molecule has 0 aromatic rings. The zero-order valence-electron chi connectivity index (χ0n) is 7.30. The van der Waals surface area contributed by atoms with E-state index in [1.165, 1.54) is 24.8 Å². The first kappa shape index (κ1) is 18.7. The molecule has 70 valence electrons. The van der Waals surface area contributed by atoms with E-state index in [1.807, 2.05) is 0 Å². The van der Waals surface area contributed by atoms with Crippen molar-refractivity contribution in [3.8, 4) is 0 Å². The minimum Gasteiger partial charge on any atom is -0.273 e. The standard InChI is InChI=1S/C9H13.2ClH.Hf/c1-2-3-6-9-7-4-5-8-9;;;/h7-8H,2-4,6H2,1H3;2*1H;/q-1;;;. The molecule has 1 aliphatic rings. The topological polar surface area (TPSA) is 0 Å². The number of allylic oxidation sites excluding steroid dienone is 4. The summed E-state index contributed by atoms with van der Waals surface area (Å²) in [5.41, 5.74) is 1.48. The van der Waals surface area contributed by atoms with Crippen molar-refractivity contribution in [1.29, 1.82) is 0 Å². The van der Waals surface area contributed by atoms with Crippen LogP contribution < -0.4 is 0 Å². The molecule has 0 saturated carbocycles.